The number of hydrogen-bond acceptors (Lipinski definition) is 6. The van der Waals surface area contributed by atoms with Gasteiger partial charge >= 0.3 is 5.97 Å². The molecule has 0 aliphatic rings. The summed E-state index contributed by atoms with van der Waals surface area (Å²) in [5.74, 6) is -0.895. The zero-order valence-electron chi connectivity index (χ0n) is 19.7. The number of benzene rings is 3. The first kappa shape index (κ1) is 26.8. The van der Waals surface area contributed by atoms with Crippen LogP contribution in [0.15, 0.2) is 89.8 Å². The average Bonchev–Trinajstić information content (AvgIpc) is 2.88. The van der Waals surface area contributed by atoms with Crippen LogP contribution in [0.3, 0.4) is 0 Å². The van der Waals surface area contributed by atoms with Gasteiger partial charge in [-0.2, -0.15) is 0 Å². The fraction of sp³-hybridized carbons (Fsp3) is 0.192. The minimum Gasteiger partial charge on any atom is -0.465 e. The van der Waals surface area contributed by atoms with Gasteiger partial charge in [0.05, 0.1) is 23.6 Å². The molecule has 36 heavy (non-hydrogen) atoms. The lowest BCUT2D eigenvalue weighted by molar-refractivity contribution is -0.144. The largest absolute Gasteiger partial charge is 0.465 e. The summed E-state index contributed by atoms with van der Waals surface area (Å²) in [4.78, 5) is 24.1. The topological polar surface area (TPSA) is 105 Å². The molecule has 0 aliphatic heterocycles. The molecule has 188 valence electrons. The van der Waals surface area contributed by atoms with Crippen LogP contribution in [-0.2, 0) is 30.8 Å². The van der Waals surface area contributed by atoms with E-state index in [0.717, 1.165) is 5.56 Å². The third-order valence-electron chi connectivity index (χ3n) is 5.20. The molecule has 0 aromatic heterocycles. The lowest BCUT2D eigenvalue weighted by Gasteiger charge is -2.19. The molecule has 3 aromatic rings. The van der Waals surface area contributed by atoms with Crippen molar-refractivity contribution in [2.45, 2.75) is 24.2 Å². The van der Waals surface area contributed by atoms with Crippen LogP contribution in [0.4, 0.5) is 11.4 Å². The van der Waals surface area contributed by atoms with E-state index in [2.05, 4.69) is 10.6 Å². The van der Waals surface area contributed by atoms with Gasteiger partial charge in [0.2, 0.25) is 5.91 Å². The van der Waals surface area contributed by atoms with Crippen molar-refractivity contribution in [2.75, 3.05) is 23.3 Å². The first-order chi connectivity index (χ1) is 17.3. The van der Waals surface area contributed by atoms with Crippen LogP contribution in [0, 0.1) is 0 Å². The molecule has 0 radical (unpaired) electrons. The fourth-order valence-corrected chi connectivity index (χ4v) is 4.64. The number of nitrogens with zero attached hydrogens (tertiary/aromatic N) is 1. The van der Waals surface area contributed by atoms with Gasteiger partial charge in [0.15, 0.2) is 5.11 Å². The molecular formula is C26H27N3O5S2. The Morgan fingerprint density at radius 3 is 2.14 bits per heavy atom. The van der Waals surface area contributed by atoms with Crippen molar-refractivity contribution in [2.24, 2.45) is 0 Å². The van der Waals surface area contributed by atoms with E-state index in [1.54, 1.807) is 36.4 Å². The number of amides is 1. The number of carbonyl (C=O) groups excluding carboxylic acids is 2. The number of rotatable bonds is 10. The number of sulfonamides is 1. The first-order valence-corrected chi connectivity index (χ1v) is 13.0. The Morgan fingerprint density at radius 2 is 1.50 bits per heavy atom. The minimum absolute atomic E-state index is 0.0365. The summed E-state index contributed by atoms with van der Waals surface area (Å²) in [6.07, 6.45) is 0.467. The van der Waals surface area contributed by atoms with Crippen LogP contribution in [0.25, 0.3) is 0 Å². The zero-order chi connectivity index (χ0) is 26.0. The summed E-state index contributed by atoms with van der Waals surface area (Å²) in [5, 5.41) is 5.36. The number of anilines is 2. The molecule has 10 heteroatoms. The number of ether oxygens (including phenoxy) is 1. The summed E-state index contributed by atoms with van der Waals surface area (Å²) in [6.45, 7) is 0.247. The summed E-state index contributed by atoms with van der Waals surface area (Å²) in [5.41, 5.74) is 2.11. The Bertz CT molecular complexity index is 1280. The maximum absolute atomic E-state index is 12.9. The van der Waals surface area contributed by atoms with Crippen LogP contribution in [0.5, 0.6) is 0 Å². The lowest BCUT2D eigenvalue weighted by Crippen LogP contribution is -2.34. The molecule has 0 aliphatic carbocycles. The third kappa shape index (κ3) is 7.89. The highest BCUT2D eigenvalue weighted by Crippen LogP contribution is 2.22. The summed E-state index contributed by atoms with van der Waals surface area (Å²) in [6, 6.07) is 24.4. The van der Waals surface area contributed by atoms with Crippen molar-refractivity contribution in [3.05, 3.63) is 90.5 Å². The van der Waals surface area contributed by atoms with E-state index in [1.165, 1.54) is 23.5 Å². The van der Waals surface area contributed by atoms with Crippen LogP contribution in [0.1, 0.15) is 18.4 Å². The average molecular weight is 526 g/mol. The highest BCUT2D eigenvalue weighted by molar-refractivity contribution is 7.92. The van der Waals surface area contributed by atoms with Crippen LogP contribution >= 0.6 is 12.2 Å². The Kier molecular flexibility index (Phi) is 9.54. The standard InChI is InChI=1S/C26H27N3O5S2/c1-29(22-10-6-3-7-11-22)36(32,33)23-14-12-21(13-15-23)27-26(35)28-24(30)16-17-25(31)34-19-18-20-8-4-2-5-9-20/h2-15H,16-19H2,1H3,(H2,27,28,30,35). The minimum atomic E-state index is -3.74. The zero-order valence-corrected chi connectivity index (χ0v) is 21.3. The monoisotopic (exact) mass is 525 g/mol. The third-order valence-corrected chi connectivity index (χ3v) is 7.20. The maximum Gasteiger partial charge on any atom is 0.306 e. The van der Waals surface area contributed by atoms with Gasteiger partial charge in [-0.05, 0) is 54.2 Å². The Balaban J connectivity index is 1.42. The molecule has 3 rings (SSSR count). The van der Waals surface area contributed by atoms with Crippen molar-refractivity contribution in [3.63, 3.8) is 0 Å². The van der Waals surface area contributed by atoms with E-state index in [1.807, 2.05) is 36.4 Å². The molecule has 0 spiro atoms. The van der Waals surface area contributed by atoms with Crippen LogP contribution < -0.4 is 14.9 Å². The Morgan fingerprint density at radius 1 is 0.889 bits per heavy atom. The fourth-order valence-electron chi connectivity index (χ4n) is 3.21. The Labute approximate surface area is 216 Å². The number of hydrogen-bond donors (Lipinski definition) is 2. The van der Waals surface area contributed by atoms with Crippen molar-refractivity contribution in [1.82, 2.24) is 5.32 Å². The highest BCUT2D eigenvalue weighted by atomic mass is 32.2. The molecule has 1 amide bonds. The van der Waals surface area contributed by atoms with E-state index in [9.17, 15) is 18.0 Å². The molecular weight excluding hydrogens is 498 g/mol. The van der Waals surface area contributed by atoms with Crippen molar-refractivity contribution in [3.8, 4) is 0 Å². The SMILES string of the molecule is CN(c1ccccc1)S(=O)(=O)c1ccc(NC(=S)NC(=O)CCC(=O)OCCc2ccccc2)cc1. The van der Waals surface area contributed by atoms with E-state index >= 15 is 0 Å². The second-order valence-electron chi connectivity index (χ2n) is 7.79. The van der Waals surface area contributed by atoms with Gasteiger partial charge in [0.1, 0.15) is 0 Å². The molecule has 3 aromatic carbocycles. The molecule has 0 unspecified atom stereocenters. The number of esters is 1. The predicted octanol–water partition coefficient (Wildman–Crippen LogP) is 3.89. The highest BCUT2D eigenvalue weighted by Gasteiger charge is 2.21. The van der Waals surface area contributed by atoms with E-state index in [4.69, 9.17) is 17.0 Å². The molecule has 0 saturated heterocycles. The van der Waals surface area contributed by atoms with Crippen molar-refractivity contribution < 1.29 is 22.7 Å². The molecule has 0 saturated carbocycles. The van der Waals surface area contributed by atoms with Gasteiger partial charge in [-0.25, -0.2) is 8.42 Å². The number of nitrogens with one attached hydrogen (secondary N) is 2. The predicted molar refractivity (Wildman–Crippen MR) is 143 cm³/mol. The van der Waals surface area contributed by atoms with Gasteiger partial charge in [-0.1, -0.05) is 48.5 Å². The van der Waals surface area contributed by atoms with Crippen molar-refractivity contribution in [1.29, 1.82) is 0 Å². The lowest BCUT2D eigenvalue weighted by atomic mass is 10.2. The van der Waals surface area contributed by atoms with E-state index in [0.29, 0.717) is 17.8 Å². The maximum atomic E-state index is 12.9. The van der Waals surface area contributed by atoms with E-state index < -0.39 is 21.9 Å². The van der Waals surface area contributed by atoms with Gasteiger partial charge in [-0.3, -0.25) is 13.9 Å². The summed E-state index contributed by atoms with van der Waals surface area (Å²) < 4.78 is 32.1. The van der Waals surface area contributed by atoms with Gasteiger partial charge in [0, 0.05) is 25.6 Å². The molecule has 0 atom stereocenters. The van der Waals surface area contributed by atoms with Crippen LogP contribution in [0.2, 0.25) is 0 Å². The van der Waals surface area contributed by atoms with Crippen molar-refractivity contribution >= 4 is 50.6 Å². The quantitative estimate of drug-likeness (QED) is 0.306. The van der Waals surface area contributed by atoms with E-state index in [-0.39, 0.29) is 29.5 Å². The second-order valence-corrected chi connectivity index (χ2v) is 10.2. The second kappa shape index (κ2) is 12.8. The molecule has 0 bridgehead atoms. The van der Waals surface area contributed by atoms with Gasteiger partial charge in [0.25, 0.3) is 10.0 Å². The first-order valence-electron chi connectivity index (χ1n) is 11.2. The number of para-hydroxylation sites is 1. The number of carbonyl (C=O) groups is 2. The summed E-state index contributed by atoms with van der Waals surface area (Å²) in [7, 11) is -2.25. The molecule has 0 heterocycles. The van der Waals surface area contributed by atoms with Gasteiger partial charge < -0.3 is 15.4 Å². The molecule has 8 nitrogen and oxygen atoms in total. The normalized spacial score (nSPS) is 10.8. The number of thiocarbonyl (C=S) groups is 1. The Hall–Kier alpha value is -3.76. The van der Waals surface area contributed by atoms with Gasteiger partial charge in [-0.15, -0.1) is 0 Å². The summed E-state index contributed by atoms with van der Waals surface area (Å²) >= 11 is 5.14. The van der Waals surface area contributed by atoms with Crippen LogP contribution in [-0.4, -0.2) is 39.1 Å². The smallest absolute Gasteiger partial charge is 0.306 e. The molecule has 0 fully saturated rings. The molecule has 2 N–H and O–H groups in total.